The van der Waals surface area contributed by atoms with Crippen LogP contribution in [0.3, 0.4) is 0 Å². The van der Waals surface area contributed by atoms with Crippen molar-refractivity contribution in [2.24, 2.45) is 0 Å². The van der Waals surface area contributed by atoms with Crippen LogP contribution in [0.15, 0.2) is 72.9 Å². The fraction of sp³-hybridized carbons (Fsp3) is 0. The Hall–Kier alpha value is -2.61. The van der Waals surface area contributed by atoms with Gasteiger partial charge in [-0.05, 0) is 35.4 Å². The molecule has 0 unspecified atom stereocenters. The number of benzene rings is 2. The van der Waals surface area contributed by atoms with Crippen LogP contribution in [0.2, 0.25) is 0 Å². The van der Waals surface area contributed by atoms with E-state index in [-0.39, 0.29) is 0 Å². The van der Waals surface area contributed by atoms with Gasteiger partial charge in [0, 0.05) is 17.4 Å². The molecule has 3 aromatic rings. The quantitative estimate of drug-likeness (QED) is 0.694. The Bertz CT molecular complexity index is 656. The van der Waals surface area contributed by atoms with Gasteiger partial charge in [-0.15, -0.1) is 0 Å². The van der Waals surface area contributed by atoms with Gasteiger partial charge in [0.25, 0.3) is 0 Å². The van der Waals surface area contributed by atoms with E-state index in [1.54, 1.807) is 0 Å². The van der Waals surface area contributed by atoms with E-state index in [0.717, 1.165) is 16.9 Å². The van der Waals surface area contributed by atoms with Gasteiger partial charge in [0.2, 0.25) is 0 Å². The Balaban J connectivity index is 1.93. The monoisotopic (exact) mass is 246 g/mol. The third-order valence-corrected chi connectivity index (χ3v) is 3.09. The standard InChI is InChI=1S/C17H14N2/c18-16-10-8-14(9-11-16)13-4-6-15(7-5-13)17-3-1-2-12-19-17/h1-12H,18H2. The van der Waals surface area contributed by atoms with Gasteiger partial charge in [-0.25, -0.2) is 0 Å². The van der Waals surface area contributed by atoms with Crippen LogP contribution in [0.1, 0.15) is 0 Å². The van der Waals surface area contributed by atoms with Crippen LogP contribution in [0.5, 0.6) is 0 Å². The van der Waals surface area contributed by atoms with E-state index >= 15 is 0 Å². The minimum absolute atomic E-state index is 0.786. The van der Waals surface area contributed by atoms with E-state index in [1.165, 1.54) is 11.1 Å². The van der Waals surface area contributed by atoms with Gasteiger partial charge in [0.05, 0.1) is 5.69 Å². The Morgan fingerprint density at radius 3 is 1.79 bits per heavy atom. The molecule has 0 saturated heterocycles. The summed E-state index contributed by atoms with van der Waals surface area (Å²) in [5.41, 5.74) is 10.9. The van der Waals surface area contributed by atoms with Gasteiger partial charge < -0.3 is 5.73 Å². The SMILES string of the molecule is Nc1ccc(-c2ccc(-c3ccccn3)cc2)cc1. The first-order chi connectivity index (χ1) is 9.33. The van der Waals surface area contributed by atoms with Gasteiger partial charge in [0.1, 0.15) is 0 Å². The molecular weight excluding hydrogens is 232 g/mol. The van der Waals surface area contributed by atoms with Gasteiger partial charge in [-0.1, -0.05) is 42.5 Å². The molecule has 0 aliphatic rings. The zero-order chi connectivity index (χ0) is 13.1. The molecule has 0 fully saturated rings. The van der Waals surface area contributed by atoms with E-state index in [4.69, 9.17) is 5.73 Å². The minimum Gasteiger partial charge on any atom is -0.399 e. The highest BCUT2D eigenvalue weighted by Gasteiger charge is 2.00. The van der Waals surface area contributed by atoms with Crippen LogP contribution in [0.25, 0.3) is 22.4 Å². The Morgan fingerprint density at radius 2 is 1.21 bits per heavy atom. The number of hydrogen-bond acceptors (Lipinski definition) is 2. The van der Waals surface area contributed by atoms with Crippen molar-refractivity contribution >= 4 is 5.69 Å². The van der Waals surface area contributed by atoms with E-state index in [1.807, 2.05) is 48.7 Å². The van der Waals surface area contributed by atoms with Crippen LogP contribution >= 0.6 is 0 Å². The highest BCUT2D eigenvalue weighted by atomic mass is 14.7. The smallest absolute Gasteiger partial charge is 0.0701 e. The van der Waals surface area contributed by atoms with Gasteiger partial charge in [0.15, 0.2) is 0 Å². The summed E-state index contributed by atoms with van der Waals surface area (Å²) in [4.78, 5) is 4.35. The second-order valence-corrected chi connectivity index (χ2v) is 4.41. The average molecular weight is 246 g/mol. The highest BCUT2D eigenvalue weighted by Crippen LogP contribution is 2.24. The molecule has 0 amide bonds. The largest absolute Gasteiger partial charge is 0.399 e. The number of nitrogen functional groups attached to an aromatic ring is 1. The van der Waals surface area contributed by atoms with E-state index < -0.39 is 0 Å². The molecule has 2 nitrogen and oxygen atoms in total. The van der Waals surface area contributed by atoms with Crippen molar-refractivity contribution in [3.8, 4) is 22.4 Å². The first-order valence-corrected chi connectivity index (χ1v) is 6.20. The molecule has 0 spiro atoms. The average Bonchev–Trinajstić information content (AvgIpc) is 2.49. The van der Waals surface area contributed by atoms with Crippen molar-refractivity contribution in [2.75, 3.05) is 5.73 Å². The van der Waals surface area contributed by atoms with Gasteiger partial charge >= 0.3 is 0 Å². The lowest BCUT2D eigenvalue weighted by molar-refractivity contribution is 1.33. The second kappa shape index (κ2) is 4.94. The summed E-state index contributed by atoms with van der Waals surface area (Å²) < 4.78 is 0. The summed E-state index contributed by atoms with van der Waals surface area (Å²) in [5, 5.41) is 0. The zero-order valence-corrected chi connectivity index (χ0v) is 10.5. The number of aromatic nitrogens is 1. The number of nitrogens with two attached hydrogens (primary N) is 1. The Kier molecular flexibility index (Phi) is 2.99. The third kappa shape index (κ3) is 2.47. The lowest BCUT2D eigenvalue weighted by Crippen LogP contribution is -1.85. The van der Waals surface area contributed by atoms with Crippen molar-refractivity contribution in [3.63, 3.8) is 0 Å². The van der Waals surface area contributed by atoms with Crippen LogP contribution in [0.4, 0.5) is 5.69 Å². The maximum absolute atomic E-state index is 5.70. The molecule has 92 valence electrons. The van der Waals surface area contributed by atoms with E-state index in [2.05, 4.69) is 29.2 Å². The molecule has 0 atom stereocenters. The highest BCUT2D eigenvalue weighted by molar-refractivity contribution is 5.69. The number of hydrogen-bond donors (Lipinski definition) is 1. The summed E-state index contributed by atoms with van der Waals surface area (Å²) in [6, 6.07) is 22.2. The molecule has 2 heteroatoms. The first kappa shape index (κ1) is 11.5. The number of anilines is 1. The Morgan fingerprint density at radius 1 is 0.632 bits per heavy atom. The molecule has 0 bridgehead atoms. The maximum atomic E-state index is 5.70. The molecule has 2 aromatic carbocycles. The summed E-state index contributed by atoms with van der Waals surface area (Å²) in [6.45, 7) is 0. The third-order valence-electron chi connectivity index (χ3n) is 3.09. The molecule has 1 heterocycles. The molecule has 2 N–H and O–H groups in total. The lowest BCUT2D eigenvalue weighted by atomic mass is 10.0. The minimum atomic E-state index is 0.786. The van der Waals surface area contributed by atoms with Crippen LogP contribution in [-0.4, -0.2) is 4.98 Å². The molecular formula is C17H14N2. The molecule has 0 aliphatic carbocycles. The predicted molar refractivity (Wildman–Crippen MR) is 79.5 cm³/mol. The number of pyridine rings is 1. The van der Waals surface area contributed by atoms with Crippen molar-refractivity contribution in [1.29, 1.82) is 0 Å². The normalized spacial score (nSPS) is 10.3. The Labute approximate surface area is 112 Å². The molecule has 0 radical (unpaired) electrons. The number of nitrogens with zero attached hydrogens (tertiary/aromatic N) is 1. The van der Waals surface area contributed by atoms with Crippen LogP contribution < -0.4 is 5.73 Å². The van der Waals surface area contributed by atoms with Gasteiger partial charge in [-0.2, -0.15) is 0 Å². The molecule has 0 saturated carbocycles. The number of rotatable bonds is 2. The van der Waals surface area contributed by atoms with Crippen molar-refractivity contribution in [3.05, 3.63) is 72.9 Å². The molecule has 0 aliphatic heterocycles. The maximum Gasteiger partial charge on any atom is 0.0701 e. The summed E-state index contributed by atoms with van der Waals surface area (Å²) in [5.74, 6) is 0. The fourth-order valence-corrected chi connectivity index (χ4v) is 2.04. The van der Waals surface area contributed by atoms with E-state index in [9.17, 15) is 0 Å². The van der Waals surface area contributed by atoms with Gasteiger partial charge in [-0.3, -0.25) is 4.98 Å². The predicted octanol–water partition coefficient (Wildman–Crippen LogP) is 4.00. The van der Waals surface area contributed by atoms with Crippen molar-refractivity contribution in [1.82, 2.24) is 4.98 Å². The second-order valence-electron chi connectivity index (χ2n) is 4.41. The molecule has 19 heavy (non-hydrogen) atoms. The summed E-state index contributed by atoms with van der Waals surface area (Å²) >= 11 is 0. The zero-order valence-electron chi connectivity index (χ0n) is 10.5. The van der Waals surface area contributed by atoms with Crippen LogP contribution in [-0.2, 0) is 0 Å². The first-order valence-electron chi connectivity index (χ1n) is 6.20. The lowest BCUT2D eigenvalue weighted by Gasteiger charge is -2.04. The molecule has 3 rings (SSSR count). The summed E-state index contributed by atoms with van der Waals surface area (Å²) in [7, 11) is 0. The summed E-state index contributed by atoms with van der Waals surface area (Å²) in [6.07, 6.45) is 1.81. The van der Waals surface area contributed by atoms with Crippen LogP contribution in [0, 0.1) is 0 Å². The van der Waals surface area contributed by atoms with Crippen molar-refractivity contribution < 1.29 is 0 Å². The van der Waals surface area contributed by atoms with E-state index in [0.29, 0.717) is 0 Å². The fourth-order valence-electron chi connectivity index (χ4n) is 2.04. The van der Waals surface area contributed by atoms with Crippen molar-refractivity contribution in [2.45, 2.75) is 0 Å². The topological polar surface area (TPSA) is 38.9 Å². The molecule has 1 aromatic heterocycles.